The third kappa shape index (κ3) is 4.64. The summed E-state index contributed by atoms with van der Waals surface area (Å²) in [7, 11) is 1.51. The van der Waals surface area contributed by atoms with Gasteiger partial charge in [0.25, 0.3) is 5.91 Å². The van der Waals surface area contributed by atoms with Gasteiger partial charge in [-0.25, -0.2) is 0 Å². The fourth-order valence-electron chi connectivity index (χ4n) is 2.77. The number of carbonyl (C=O) groups is 1. The van der Waals surface area contributed by atoms with Gasteiger partial charge < -0.3 is 14.0 Å². The number of aromatic nitrogens is 1. The first kappa shape index (κ1) is 18.5. The molecule has 2 heterocycles. The van der Waals surface area contributed by atoms with E-state index in [4.69, 9.17) is 32.7 Å². The van der Waals surface area contributed by atoms with Crippen LogP contribution in [0.25, 0.3) is 0 Å². The lowest BCUT2D eigenvalue weighted by Gasteiger charge is -2.22. The van der Waals surface area contributed by atoms with Gasteiger partial charge in [0.1, 0.15) is 10.1 Å². The van der Waals surface area contributed by atoms with Crippen molar-refractivity contribution in [3.63, 3.8) is 0 Å². The van der Waals surface area contributed by atoms with E-state index >= 15 is 0 Å². The molecule has 25 heavy (non-hydrogen) atoms. The molecule has 0 unspecified atom stereocenters. The van der Waals surface area contributed by atoms with Crippen molar-refractivity contribution in [2.45, 2.75) is 19.4 Å². The van der Waals surface area contributed by atoms with Crippen LogP contribution in [0.2, 0.25) is 9.36 Å². The van der Waals surface area contributed by atoms with Crippen LogP contribution in [0.15, 0.2) is 29.4 Å². The minimum atomic E-state index is -0.404. The molecule has 1 saturated heterocycles. The van der Waals surface area contributed by atoms with Gasteiger partial charge in [-0.2, -0.15) is 4.99 Å². The maximum absolute atomic E-state index is 12.6. The van der Waals surface area contributed by atoms with Crippen molar-refractivity contribution >= 4 is 40.4 Å². The Morgan fingerprint density at radius 3 is 2.88 bits per heavy atom. The molecular formula is C17H18Cl2N2O3S. The highest BCUT2D eigenvalue weighted by atomic mass is 35.5. The van der Waals surface area contributed by atoms with Crippen molar-refractivity contribution in [2.75, 3.05) is 20.3 Å². The Morgan fingerprint density at radius 1 is 1.40 bits per heavy atom. The van der Waals surface area contributed by atoms with Gasteiger partial charge in [0.05, 0.1) is 12.7 Å². The number of hydrogen-bond donors (Lipinski definition) is 0. The number of carbonyl (C=O) groups excluding carboxylic acids is 1. The maximum atomic E-state index is 12.6. The van der Waals surface area contributed by atoms with Crippen LogP contribution in [0.3, 0.4) is 0 Å². The molecule has 5 nitrogen and oxygen atoms in total. The van der Waals surface area contributed by atoms with Crippen molar-refractivity contribution in [3.05, 3.63) is 44.1 Å². The molecule has 2 aromatic rings. The van der Waals surface area contributed by atoms with Gasteiger partial charge in [0.2, 0.25) is 0 Å². The Morgan fingerprint density at radius 2 is 2.16 bits per heavy atom. The first-order valence-electron chi connectivity index (χ1n) is 7.93. The fourth-order valence-corrected chi connectivity index (χ4v) is 3.99. The largest absolute Gasteiger partial charge is 0.496 e. The van der Waals surface area contributed by atoms with Gasteiger partial charge >= 0.3 is 0 Å². The predicted octanol–water partition coefficient (Wildman–Crippen LogP) is 4.03. The summed E-state index contributed by atoms with van der Waals surface area (Å²) < 4.78 is 13.2. The van der Waals surface area contributed by atoms with Crippen molar-refractivity contribution in [1.29, 1.82) is 0 Å². The molecule has 0 saturated carbocycles. The zero-order valence-electron chi connectivity index (χ0n) is 13.7. The average molecular weight is 401 g/mol. The van der Waals surface area contributed by atoms with Crippen LogP contribution in [0, 0.1) is 5.92 Å². The second kappa shape index (κ2) is 8.36. The molecule has 0 radical (unpaired) electrons. The van der Waals surface area contributed by atoms with E-state index in [1.54, 1.807) is 18.2 Å². The second-order valence-corrected chi connectivity index (χ2v) is 7.86. The van der Waals surface area contributed by atoms with Gasteiger partial charge in [0, 0.05) is 31.0 Å². The fraction of sp³-hybridized carbons (Fsp3) is 0.412. The van der Waals surface area contributed by atoms with Gasteiger partial charge in [-0.05, 0) is 37.0 Å². The highest BCUT2D eigenvalue weighted by molar-refractivity contribution is 7.13. The lowest BCUT2D eigenvalue weighted by molar-refractivity contribution is 0.0610. The molecule has 0 aliphatic carbocycles. The number of methoxy groups -OCH3 is 1. The van der Waals surface area contributed by atoms with Crippen LogP contribution in [-0.2, 0) is 11.3 Å². The molecular weight excluding hydrogens is 383 g/mol. The van der Waals surface area contributed by atoms with Gasteiger partial charge in [-0.1, -0.05) is 34.5 Å². The number of nitrogens with zero attached hydrogens (tertiary/aromatic N) is 2. The molecule has 1 aliphatic heterocycles. The quantitative estimate of drug-likeness (QED) is 0.777. The lowest BCUT2D eigenvalue weighted by atomic mass is 10.0. The molecule has 1 aromatic heterocycles. The van der Waals surface area contributed by atoms with E-state index < -0.39 is 5.91 Å². The van der Waals surface area contributed by atoms with Crippen LogP contribution in [0.5, 0.6) is 5.75 Å². The summed E-state index contributed by atoms with van der Waals surface area (Å²) >= 11 is 13.4. The van der Waals surface area contributed by atoms with Crippen LogP contribution >= 0.6 is 34.5 Å². The average Bonchev–Trinajstić information content (AvgIpc) is 2.94. The molecule has 3 rings (SSSR count). The Labute approximate surface area is 159 Å². The van der Waals surface area contributed by atoms with E-state index in [0.717, 1.165) is 32.6 Å². The molecule has 8 heteroatoms. The zero-order chi connectivity index (χ0) is 17.8. The molecule has 1 aliphatic rings. The molecule has 1 aromatic carbocycles. The monoisotopic (exact) mass is 400 g/mol. The van der Waals surface area contributed by atoms with Gasteiger partial charge in [0.15, 0.2) is 4.80 Å². The molecule has 0 spiro atoms. The van der Waals surface area contributed by atoms with E-state index in [1.165, 1.54) is 18.4 Å². The Balaban J connectivity index is 1.90. The minimum absolute atomic E-state index is 0.331. The summed E-state index contributed by atoms with van der Waals surface area (Å²) in [5, 5.41) is 0.457. The van der Waals surface area contributed by atoms with Crippen LogP contribution < -0.4 is 9.54 Å². The van der Waals surface area contributed by atoms with Gasteiger partial charge in [-0.3, -0.25) is 4.79 Å². The summed E-state index contributed by atoms with van der Waals surface area (Å²) in [6, 6.07) is 4.89. The minimum Gasteiger partial charge on any atom is -0.496 e. The zero-order valence-corrected chi connectivity index (χ0v) is 16.0. The number of rotatable bonds is 4. The third-order valence-corrected chi connectivity index (χ3v) is 5.45. The van der Waals surface area contributed by atoms with Crippen LogP contribution in [0.4, 0.5) is 0 Å². The molecule has 0 N–H and O–H groups in total. The highest BCUT2D eigenvalue weighted by Crippen LogP contribution is 2.24. The third-order valence-electron chi connectivity index (χ3n) is 4.08. The number of hydrogen-bond acceptors (Lipinski definition) is 4. The lowest BCUT2D eigenvalue weighted by Crippen LogP contribution is -2.25. The molecule has 134 valence electrons. The van der Waals surface area contributed by atoms with Crippen molar-refractivity contribution < 1.29 is 14.3 Å². The highest BCUT2D eigenvalue weighted by Gasteiger charge is 2.17. The first-order valence-corrected chi connectivity index (χ1v) is 9.50. The van der Waals surface area contributed by atoms with Crippen molar-refractivity contribution in [2.24, 2.45) is 10.9 Å². The van der Waals surface area contributed by atoms with Gasteiger partial charge in [-0.15, -0.1) is 0 Å². The number of benzene rings is 1. The van der Waals surface area contributed by atoms with Crippen molar-refractivity contribution in [3.8, 4) is 5.75 Å². The smallest absolute Gasteiger partial charge is 0.283 e. The number of halogens is 2. The normalized spacial score (nSPS) is 16.2. The number of ether oxygens (including phenoxy) is 2. The summed E-state index contributed by atoms with van der Waals surface area (Å²) in [6.45, 7) is 2.31. The van der Waals surface area contributed by atoms with E-state index in [2.05, 4.69) is 4.99 Å². The molecule has 0 atom stereocenters. The molecule has 1 fully saturated rings. The number of thiazole rings is 1. The SMILES string of the molecule is COc1ccc(Cl)cc1C(=O)/N=c1\sc(Cl)cn1CC1CCOCC1. The summed E-state index contributed by atoms with van der Waals surface area (Å²) in [6.07, 6.45) is 3.81. The predicted molar refractivity (Wildman–Crippen MR) is 98.8 cm³/mol. The van der Waals surface area contributed by atoms with E-state index in [0.29, 0.717) is 31.4 Å². The topological polar surface area (TPSA) is 52.8 Å². The molecule has 1 amide bonds. The Bertz CT molecular complexity index is 826. The maximum Gasteiger partial charge on any atom is 0.283 e. The van der Waals surface area contributed by atoms with E-state index in [-0.39, 0.29) is 0 Å². The summed E-state index contributed by atoms with van der Waals surface area (Å²) in [5.41, 5.74) is 0.331. The first-order chi connectivity index (χ1) is 12.1. The van der Waals surface area contributed by atoms with Crippen LogP contribution in [0.1, 0.15) is 23.2 Å². The van der Waals surface area contributed by atoms with Crippen molar-refractivity contribution in [1.82, 2.24) is 4.57 Å². The Hall–Kier alpha value is -1.34. The Kier molecular flexibility index (Phi) is 6.17. The summed E-state index contributed by atoms with van der Waals surface area (Å²) in [4.78, 5) is 17.5. The van der Waals surface area contributed by atoms with E-state index in [1.807, 2.05) is 10.8 Å². The molecule has 0 bridgehead atoms. The number of amides is 1. The van der Waals surface area contributed by atoms with Crippen LogP contribution in [-0.4, -0.2) is 30.8 Å². The summed E-state index contributed by atoms with van der Waals surface area (Å²) in [5.74, 6) is 0.532. The second-order valence-electron chi connectivity index (χ2n) is 5.79. The van der Waals surface area contributed by atoms with E-state index in [9.17, 15) is 4.79 Å². The standard InChI is InChI=1S/C17H18Cl2N2O3S/c1-23-14-3-2-12(18)8-13(14)16(22)20-17-21(10-15(19)25-17)9-11-4-6-24-7-5-11/h2-3,8,10-11H,4-7,9H2,1H3/b20-17-.